The van der Waals surface area contributed by atoms with Gasteiger partial charge in [0.2, 0.25) is 5.82 Å². The molecule has 5 heteroatoms. The normalized spacial score (nSPS) is 12.2. The first-order valence-corrected chi connectivity index (χ1v) is 9.13. The van der Waals surface area contributed by atoms with Crippen molar-refractivity contribution in [1.82, 2.24) is 20.2 Å². The Labute approximate surface area is 157 Å². The second-order valence-corrected chi connectivity index (χ2v) is 7.20. The number of benzene rings is 1. The topological polar surface area (TPSA) is 64.8 Å². The van der Waals surface area contributed by atoms with Gasteiger partial charge in [0.15, 0.2) is 0 Å². The molecular weight excluding hydrogens is 322 g/mol. The van der Waals surface area contributed by atoms with E-state index in [1.54, 1.807) is 0 Å². The molecule has 0 bridgehead atoms. The first kappa shape index (κ1) is 20.0. The Morgan fingerprint density at radius 3 is 2.58 bits per heavy atom. The van der Waals surface area contributed by atoms with Crippen molar-refractivity contribution in [1.29, 1.82) is 5.26 Å². The summed E-state index contributed by atoms with van der Waals surface area (Å²) in [4.78, 5) is 10.9. The van der Waals surface area contributed by atoms with Crippen molar-refractivity contribution >= 4 is 0 Å². The van der Waals surface area contributed by atoms with Gasteiger partial charge in [-0.25, -0.2) is 9.97 Å². The zero-order valence-corrected chi connectivity index (χ0v) is 16.5. The Morgan fingerprint density at radius 1 is 1.15 bits per heavy atom. The molecule has 0 amide bonds. The van der Waals surface area contributed by atoms with Gasteiger partial charge in [-0.2, -0.15) is 5.26 Å². The lowest BCUT2D eigenvalue weighted by Gasteiger charge is -2.18. The number of rotatable bonds is 8. The molecule has 0 spiro atoms. The Balaban J connectivity index is 2.05. The summed E-state index contributed by atoms with van der Waals surface area (Å²) in [6, 6.07) is 10.8. The molecule has 1 atom stereocenters. The standard InChI is InChI=1S/C21H29N5/c1-15-8-9-18(11-16(15)2)20-12-19(24-21(13-22)25-20)7-6-10-23-17(3)14-26(4)5/h8-9,11-12,17,23H,6-7,10,14H2,1-5H3. The van der Waals surface area contributed by atoms with E-state index in [9.17, 15) is 5.26 Å². The SMILES string of the molecule is Cc1ccc(-c2cc(CCCNC(C)CN(C)C)nc(C#N)n2)cc1C. The molecule has 0 aliphatic rings. The third kappa shape index (κ3) is 5.91. The average molecular weight is 351 g/mol. The highest BCUT2D eigenvalue weighted by atomic mass is 15.1. The van der Waals surface area contributed by atoms with Gasteiger partial charge in [0, 0.05) is 23.8 Å². The zero-order chi connectivity index (χ0) is 19.1. The smallest absolute Gasteiger partial charge is 0.232 e. The summed E-state index contributed by atoms with van der Waals surface area (Å²) in [6.07, 6.45) is 1.81. The van der Waals surface area contributed by atoms with Crippen molar-refractivity contribution in [3.8, 4) is 17.3 Å². The Morgan fingerprint density at radius 2 is 1.92 bits per heavy atom. The van der Waals surface area contributed by atoms with Crippen LogP contribution in [-0.2, 0) is 6.42 Å². The van der Waals surface area contributed by atoms with E-state index < -0.39 is 0 Å². The van der Waals surface area contributed by atoms with Crippen molar-refractivity contribution in [2.24, 2.45) is 0 Å². The molecule has 0 saturated carbocycles. The van der Waals surface area contributed by atoms with Gasteiger partial charge in [-0.05, 0) is 77.5 Å². The molecule has 1 aromatic heterocycles. The maximum absolute atomic E-state index is 9.27. The van der Waals surface area contributed by atoms with Crippen LogP contribution in [0.25, 0.3) is 11.3 Å². The van der Waals surface area contributed by atoms with Crippen LogP contribution in [0.2, 0.25) is 0 Å². The third-order valence-electron chi connectivity index (χ3n) is 4.42. The van der Waals surface area contributed by atoms with Crippen LogP contribution in [0.15, 0.2) is 24.3 Å². The molecule has 1 aromatic carbocycles. The van der Waals surface area contributed by atoms with Crippen LogP contribution in [0.1, 0.15) is 36.0 Å². The van der Waals surface area contributed by atoms with Crippen LogP contribution >= 0.6 is 0 Å². The molecule has 5 nitrogen and oxygen atoms in total. The Kier molecular flexibility index (Phi) is 7.26. The minimum absolute atomic E-state index is 0.240. The average Bonchev–Trinajstić information content (AvgIpc) is 2.60. The number of nitrogens with one attached hydrogen (secondary N) is 1. The fraction of sp³-hybridized carbons (Fsp3) is 0.476. The van der Waals surface area contributed by atoms with Gasteiger partial charge in [0.1, 0.15) is 6.07 Å². The van der Waals surface area contributed by atoms with Crippen LogP contribution in [-0.4, -0.2) is 48.1 Å². The molecule has 0 aliphatic heterocycles. The van der Waals surface area contributed by atoms with Gasteiger partial charge in [-0.1, -0.05) is 12.1 Å². The van der Waals surface area contributed by atoms with E-state index in [1.807, 2.05) is 6.07 Å². The summed E-state index contributed by atoms with van der Waals surface area (Å²) < 4.78 is 0. The van der Waals surface area contributed by atoms with Crippen LogP contribution in [0.5, 0.6) is 0 Å². The molecule has 138 valence electrons. The summed E-state index contributed by atoms with van der Waals surface area (Å²) in [5.74, 6) is 0.240. The molecule has 2 aromatic rings. The van der Waals surface area contributed by atoms with Gasteiger partial charge in [-0.3, -0.25) is 0 Å². The fourth-order valence-electron chi connectivity index (χ4n) is 2.95. The number of aryl methyl sites for hydroxylation is 3. The molecule has 26 heavy (non-hydrogen) atoms. The molecule has 0 fully saturated rings. The van der Waals surface area contributed by atoms with Crippen LogP contribution < -0.4 is 5.32 Å². The highest BCUT2D eigenvalue weighted by Gasteiger charge is 2.08. The maximum atomic E-state index is 9.27. The van der Waals surface area contributed by atoms with E-state index in [-0.39, 0.29) is 5.82 Å². The molecule has 2 rings (SSSR count). The monoisotopic (exact) mass is 351 g/mol. The first-order chi connectivity index (χ1) is 12.4. The summed E-state index contributed by atoms with van der Waals surface area (Å²) in [7, 11) is 4.16. The predicted octanol–water partition coefficient (Wildman–Crippen LogP) is 3.10. The highest BCUT2D eigenvalue weighted by Crippen LogP contribution is 2.21. The summed E-state index contributed by atoms with van der Waals surface area (Å²) in [5, 5.41) is 12.8. The van der Waals surface area contributed by atoms with Gasteiger partial charge >= 0.3 is 0 Å². The summed E-state index contributed by atoms with van der Waals surface area (Å²) in [5.41, 5.74) is 5.25. The summed E-state index contributed by atoms with van der Waals surface area (Å²) in [6.45, 7) is 8.32. The highest BCUT2D eigenvalue weighted by molar-refractivity contribution is 5.61. The van der Waals surface area contributed by atoms with Crippen molar-refractivity contribution in [3.63, 3.8) is 0 Å². The molecular formula is C21H29N5. The molecule has 0 radical (unpaired) electrons. The molecule has 1 heterocycles. The van der Waals surface area contributed by atoms with Crippen molar-refractivity contribution < 1.29 is 0 Å². The van der Waals surface area contributed by atoms with Gasteiger partial charge < -0.3 is 10.2 Å². The molecule has 0 aliphatic carbocycles. The number of likely N-dealkylation sites (N-methyl/N-ethyl adjacent to an activating group) is 1. The van der Waals surface area contributed by atoms with Gasteiger partial charge in [0.25, 0.3) is 0 Å². The fourth-order valence-corrected chi connectivity index (χ4v) is 2.95. The minimum Gasteiger partial charge on any atom is -0.313 e. The Bertz CT molecular complexity index is 776. The second kappa shape index (κ2) is 9.42. The quantitative estimate of drug-likeness (QED) is 0.740. The minimum atomic E-state index is 0.240. The predicted molar refractivity (Wildman–Crippen MR) is 106 cm³/mol. The van der Waals surface area contributed by atoms with E-state index in [2.05, 4.69) is 79.3 Å². The lowest BCUT2D eigenvalue weighted by molar-refractivity contribution is 0.349. The third-order valence-corrected chi connectivity index (χ3v) is 4.42. The van der Waals surface area contributed by atoms with Crippen LogP contribution in [0, 0.1) is 25.2 Å². The van der Waals surface area contributed by atoms with Crippen molar-refractivity contribution in [2.45, 2.75) is 39.7 Å². The first-order valence-electron chi connectivity index (χ1n) is 9.13. The lowest BCUT2D eigenvalue weighted by Crippen LogP contribution is -2.36. The van der Waals surface area contributed by atoms with E-state index >= 15 is 0 Å². The van der Waals surface area contributed by atoms with E-state index in [1.165, 1.54) is 11.1 Å². The van der Waals surface area contributed by atoms with Gasteiger partial charge in [-0.15, -0.1) is 0 Å². The van der Waals surface area contributed by atoms with Crippen LogP contribution in [0.3, 0.4) is 0 Å². The Hall–Kier alpha value is -2.29. The second-order valence-electron chi connectivity index (χ2n) is 7.20. The zero-order valence-electron chi connectivity index (χ0n) is 16.5. The lowest BCUT2D eigenvalue weighted by atomic mass is 10.0. The van der Waals surface area contributed by atoms with Crippen molar-refractivity contribution in [3.05, 3.63) is 46.9 Å². The molecule has 1 N–H and O–H groups in total. The van der Waals surface area contributed by atoms with E-state index in [0.29, 0.717) is 6.04 Å². The number of hydrogen-bond acceptors (Lipinski definition) is 5. The van der Waals surface area contributed by atoms with Crippen LogP contribution in [0.4, 0.5) is 0 Å². The van der Waals surface area contributed by atoms with Gasteiger partial charge in [0.05, 0.1) is 5.69 Å². The van der Waals surface area contributed by atoms with E-state index in [0.717, 1.165) is 42.9 Å². The molecule has 0 saturated heterocycles. The largest absolute Gasteiger partial charge is 0.313 e. The summed E-state index contributed by atoms with van der Waals surface area (Å²) >= 11 is 0. The van der Waals surface area contributed by atoms with E-state index in [4.69, 9.17) is 0 Å². The maximum Gasteiger partial charge on any atom is 0.232 e. The number of aromatic nitrogens is 2. The number of nitriles is 1. The number of hydrogen-bond donors (Lipinski definition) is 1. The molecule has 1 unspecified atom stereocenters. The number of nitrogens with zero attached hydrogens (tertiary/aromatic N) is 4. The van der Waals surface area contributed by atoms with Crippen molar-refractivity contribution in [2.75, 3.05) is 27.2 Å².